The van der Waals surface area contributed by atoms with Crippen molar-refractivity contribution in [3.63, 3.8) is 0 Å². The highest BCUT2D eigenvalue weighted by Gasteiger charge is 2.24. The van der Waals surface area contributed by atoms with Crippen LogP contribution in [0.2, 0.25) is 5.02 Å². The molecule has 0 spiro atoms. The summed E-state index contributed by atoms with van der Waals surface area (Å²) >= 11 is 7.59. The second-order valence-corrected chi connectivity index (χ2v) is 9.58. The molecule has 4 aromatic rings. The lowest BCUT2D eigenvalue weighted by molar-refractivity contribution is 0.601. The first kappa shape index (κ1) is 19.7. The molecule has 0 atom stereocenters. The number of aryl methyl sites for hydroxylation is 1. The molecule has 5 nitrogen and oxygen atoms in total. The summed E-state index contributed by atoms with van der Waals surface area (Å²) in [5.74, 6) is 0. The predicted octanol–water partition coefficient (Wildman–Crippen LogP) is 5.42. The lowest BCUT2D eigenvalue weighted by Crippen LogP contribution is -2.13. The van der Waals surface area contributed by atoms with Crippen molar-refractivity contribution in [2.24, 2.45) is 0 Å². The Balaban J connectivity index is 1.73. The summed E-state index contributed by atoms with van der Waals surface area (Å²) < 4.78 is 30.6. The van der Waals surface area contributed by atoms with Gasteiger partial charge >= 0.3 is 0 Å². The number of anilines is 1. The third-order valence-electron chi connectivity index (χ3n) is 4.38. The topological polar surface area (TPSA) is 64.0 Å². The van der Waals surface area contributed by atoms with Crippen molar-refractivity contribution in [2.75, 3.05) is 4.72 Å². The second-order valence-electron chi connectivity index (χ2n) is 6.57. The third-order valence-corrected chi connectivity index (χ3v) is 7.05. The minimum absolute atomic E-state index is 0.132. The van der Waals surface area contributed by atoms with Gasteiger partial charge in [0.15, 0.2) is 0 Å². The van der Waals surface area contributed by atoms with Gasteiger partial charge in [0.2, 0.25) is 0 Å². The minimum Gasteiger partial charge on any atom is -0.279 e. The zero-order chi connectivity index (χ0) is 20.4. The molecule has 0 aliphatic rings. The van der Waals surface area contributed by atoms with Gasteiger partial charge in [-0.15, -0.1) is 11.3 Å². The Hall–Kier alpha value is -2.61. The molecule has 0 aliphatic heterocycles. The summed E-state index contributed by atoms with van der Waals surface area (Å²) in [5.41, 5.74) is 2.76. The monoisotopic (exact) mass is 443 g/mol. The minimum atomic E-state index is -3.86. The van der Waals surface area contributed by atoms with Gasteiger partial charge in [0.1, 0.15) is 10.6 Å². The normalized spacial score (nSPS) is 11.5. The Kier molecular flexibility index (Phi) is 5.45. The van der Waals surface area contributed by atoms with E-state index in [1.54, 1.807) is 29.1 Å². The van der Waals surface area contributed by atoms with Crippen LogP contribution < -0.4 is 4.72 Å². The first-order chi connectivity index (χ1) is 13.9. The molecular formula is C21H18ClN3O2S2. The Morgan fingerprint density at radius 2 is 1.90 bits per heavy atom. The van der Waals surface area contributed by atoms with Crippen LogP contribution in [0.1, 0.15) is 11.1 Å². The van der Waals surface area contributed by atoms with Gasteiger partial charge in [-0.05, 0) is 41.6 Å². The van der Waals surface area contributed by atoms with Gasteiger partial charge in [0.25, 0.3) is 10.0 Å². The van der Waals surface area contributed by atoms with Gasteiger partial charge in [-0.2, -0.15) is 5.10 Å². The maximum absolute atomic E-state index is 13.2. The van der Waals surface area contributed by atoms with Gasteiger partial charge in [0.05, 0.1) is 17.1 Å². The van der Waals surface area contributed by atoms with Crippen LogP contribution in [0, 0.1) is 6.92 Å². The van der Waals surface area contributed by atoms with Crippen molar-refractivity contribution in [3.05, 3.63) is 88.4 Å². The Labute approximate surface area is 178 Å². The number of nitrogens with one attached hydrogen (secondary N) is 1. The number of halogens is 1. The van der Waals surface area contributed by atoms with Crippen molar-refractivity contribution in [1.29, 1.82) is 0 Å². The molecule has 0 fully saturated rings. The number of benzene rings is 2. The van der Waals surface area contributed by atoms with Crippen molar-refractivity contribution in [1.82, 2.24) is 9.78 Å². The first-order valence-corrected chi connectivity index (χ1v) is 11.6. The summed E-state index contributed by atoms with van der Waals surface area (Å²) in [6.07, 6.45) is 1.57. The Morgan fingerprint density at radius 3 is 2.59 bits per heavy atom. The fourth-order valence-electron chi connectivity index (χ4n) is 2.90. The third kappa shape index (κ3) is 4.37. The van der Waals surface area contributed by atoms with Crippen molar-refractivity contribution in [2.45, 2.75) is 18.4 Å². The van der Waals surface area contributed by atoms with Crippen molar-refractivity contribution < 1.29 is 8.42 Å². The number of hydrogen-bond donors (Lipinski definition) is 1. The highest BCUT2D eigenvalue weighted by molar-refractivity contribution is 7.92. The molecule has 2 heterocycles. The Bertz CT molecular complexity index is 1230. The number of nitrogens with zero attached hydrogens (tertiary/aromatic N) is 2. The maximum atomic E-state index is 13.2. The SMILES string of the molecule is Cc1ccc(NS(=O)(=O)c2cn(Cc3ccccc3)nc2-c2cccs2)cc1Cl. The van der Waals surface area contributed by atoms with Gasteiger partial charge < -0.3 is 0 Å². The van der Waals surface area contributed by atoms with E-state index < -0.39 is 10.0 Å². The van der Waals surface area contributed by atoms with E-state index in [0.29, 0.717) is 22.9 Å². The summed E-state index contributed by atoms with van der Waals surface area (Å²) in [6.45, 7) is 2.34. The zero-order valence-electron chi connectivity index (χ0n) is 15.5. The molecule has 0 aliphatic carbocycles. The van der Waals surface area contributed by atoms with Gasteiger partial charge in [-0.3, -0.25) is 9.40 Å². The molecule has 0 saturated heterocycles. The lowest BCUT2D eigenvalue weighted by Gasteiger charge is -2.09. The highest BCUT2D eigenvalue weighted by atomic mass is 35.5. The van der Waals surface area contributed by atoms with Crippen LogP contribution in [-0.2, 0) is 16.6 Å². The van der Waals surface area contributed by atoms with Crippen LogP contribution in [0.15, 0.2) is 77.1 Å². The van der Waals surface area contributed by atoms with E-state index in [1.807, 2.05) is 54.8 Å². The van der Waals surface area contributed by atoms with E-state index in [1.165, 1.54) is 11.3 Å². The molecule has 0 amide bonds. The average Bonchev–Trinajstić information content (AvgIpc) is 3.35. The summed E-state index contributed by atoms with van der Waals surface area (Å²) in [4.78, 5) is 0.923. The van der Waals surface area contributed by atoms with E-state index in [9.17, 15) is 8.42 Å². The van der Waals surface area contributed by atoms with E-state index in [0.717, 1.165) is 16.0 Å². The van der Waals surface area contributed by atoms with Crippen LogP contribution in [0.4, 0.5) is 5.69 Å². The zero-order valence-corrected chi connectivity index (χ0v) is 17.9. The van der Waals surface area contributed by atoms with Crippen LogP contribution in [-0.4, -0.2) is 18.2 Å². The average molecular weight is 444 g/mol. The lowest BCUT2D eigenvalue weighted by atomic mass is 10.2. The summed E-state index contributed by atoms with van der Waals surface area (Å²) in [5, 5.41) is 6.97. The fourth-order valence-corrected chi connectivity index (χ4v) is 5.08. The molecule has 0 radical (unpaired) electrons. The fraction of sp³-hybridized carbons (Fsp3) is 0.0952. The molecule has 0 bridgehead atoms. The molecular weight excluding hydrogens is 426 g/mol. The predicted molar refractivity (Wildman–Crippen MR) is 118 cm³/mol. The number of sulfonamides is 1. The molecule has 1 N–H and O–H groups in total. The molecule has 0 unspecified atom stereocenters. The number of aromatic nitrogens is 2. The Morgan fingerprint density at radius 1 is 1.10 bits per heavy atom. The van der Waals surface area contributed by atoms with Gasteiger partial charge in [0, 0.05) is 11.2 Å². The molecule has 0 saturated carbocycles. The van der Waals surface area contributed by atoms with E-state index >= 15 is 0 Å². The van der Waals surface area contributed by atoms with E-state index in [-0.39, 0.29) is 4.90 Å². The second kappa shape index (κ2) is 8.02. The standard InChI is InChI=1S/C21H18ClN3O2S2/c1-15-9-10-17(12-18(15)22)24-29(26,27)20-14-25(13-16-6-3-2-4-7-16)23-21(20)19-8-5-11-28-19/h2-12,14,24H,13H2,1H3. The van der Waals surface area contributed by atoms with Crippen molar-refractivity contribution >= 4 is 38.6 Å². The highest BCUT2D eigenvalue weighted by Crippen LogP contribution is 2.31. The van der Waals surface area contributed by atoms with Crippen LogP contribution in [0.5, 0.6) is 0 Å². The van der Waals surface area contributed by atoms with Gasteiger partial charge in [-0.1, -0.05) is 54.1 Å². The van der Waals surface area contributed by atoms with Crippen LogP contribution in [0.25, 0.3) is 10.6 Å². The number of hydrogen-bond acceptors (Lipinski definition) is 4. The molecule has 8 heteroatoms. The van der Waals surface area contributed by atoms with Crippen LogP contribution >= 0.6 is 22.9 Å². The molecule has 148 valence electrons. The molecule has 29 heavy (non-hydrogen) atoms. The molecule has 4 rings (SSSR count). The first-order valence-electron chi connectivity index (χ1n) is 8.86. The van der Waals surface area contributed by atoms with Crippen LogP contribution in [0.3, 0.4) is 0 Å². The van der Waals surface area contributed by atoms with E-state index in [4.69, 9.17) is 11.6 Å². The molecule has 2 aromatic carbocycles. The quantitative estimate of drug-likeness (QED) is 0.432. The summed E-state index contributed by atoms with van der Waals surface area (Å²) in [7, 11) is -3.86. The maximum Gasteiger partial charge on any atom is 0.265 e. The molecule has 2 aromatic heterocycles. The van der Waals surface area contributed by atoms with Gasteiger partial charge in [-0.25, -0.2) is 8.42 Å². The largest absolute Gasteiger partial charge is 0.279 e. The number of thiophene rings is 1. The van der Waals surface area contributed by atoms with E-state index in [2.05, 4.69) is 9.82 Å². The smallest absolute Gasteiger partial charge is 0.265 e. The summed E-state index contributed by atoms with van der Waals surface area (Å²) in [6, 6.07) is 18.6. The number of rotatable bonds is 6. The van der Waals surface area contributed by atoms with Crippen molar-refractivity contribution in [3.8, 4) is 10.6 Å².